The van der Waals surface area contributed by atoms with E-state index in [1.54, 1.807) is 7.11 Å². The Morgan fingerprint density at radius 3 is 2.36 bits per heavy atom. The number of methoxy groups -OCH3 is 1. The smallest absolute Gasteiger partial charge is 0.0693 e. The van der Waals surface area contributed by atoms with Crippen molar-refractivity contribution in [3.8, 4) is 0 Å². The van der Waals surface area contributed by atoms with Crippen LogP contribution in [0.4, 0.5) is 0 Å². The van der Waals surface area contributed by atoms with Crippen LogP contribution in [0.25, 0.3) is 0 Å². The van der Waals surface area contributed by atoms with Crippen LogP contribution in [-0.2, 0) is 4.74 Å². The van der Waals surface area contributed by atoms with Gasteiger partial charge in [-0.05, 0) is 19.4 Å². The highest BCUT2D eigenvalue weighted by Crippen LogP contribution is 2.16. The van der Waals surface area contributed by atoms with Gasteiger partial charge in [0.25, 0.3) is 0 Å². The van der Waals surface area contributed by atoms with Gasteiger partial charge in [-0.25, -0.2) is 0 Å². The first-order chi connectivity index (χ1) is 6.85. The molecule has 1 aliphatic carbocycles. The highest BCUT2D eigenvalue weighted by Gasteiger charge is 2.10. The molecule has 0 atom stereocenters. The highest BCUT2D eigenvalue weighted by atomic mass is 16.5. The van der Waals surface area contributed by atoms with Gasteiger partial charge in [-0.1, -0.05) is 26.2 Å². The van der Waals surface area contributed by atoms with Gasteiger partial charge in [0.05, 0.1) is 13.2 Å². The molecule has 14 heavy (non-hydrogen) atoms. The van der Waals surface area contributed by atoms with Crippen LogP contribution in [-0.4, -0.2) is 38.0 Å². The molecular formula is C11H27NO2. The van der Waals surface area contributed by atoms with Crippen molar-refractivity contribution >= 4 is 0 Å². The second-order valence-electron chi connectivity index (χ2n) is 3.61. The summed E-state index contributed by atoms with van der Waals surface area (Å²) >= 11 is 0. The molecule has 1 aliphatic rings. The van der Waals surface area contributed by atoms with Crippen molar-refractivity contribution < 1.29 is 11.3 Å². The van der Waals surface area contributed by atoms with Crippen LogP contribution < -0.4 is 5.32 Å². The number of ether oxygens (including phenoxy) is 1. The molecule has 0 amide bonds. The summed E-state index contributed by atoms with van der Waals surface area (Å²) in [6, 6.07) is 0.851. The number of nitrogens with one attached hydrogen (secondary N) is 1. The molecule has 1 saturated carbocycles. The van der Waals surface area contributed by atoms with E-state index in [1.807, 2.05) is 0 Å². The third-order valence-corrected chi connectivity index (χ3v) is 2.39. The van der Waals surface area contributed by atoms with Crippen LogP contribution >= 0.6 is 0 Å². The summed E-state index contributed by atoms with van der Waals surface area (Å²) in [5.74, 6) is 0. The summed E-state index contributed by atoms with van der Waals surface area (Å²) in [5.41, 5.74) is 0. The van der Waals surface area contributed by atoms with Crippen LogP contribution in [0.15, 0.2) is 0 Å². The summed E-state index contributed by atoms with van der Waals surface area (Å²) in [6.07, 6.45) is 7.17. The molecule has 0 saturated heterocycles. The molecule has 3 nitrogen and oxygen atoms in total. The molecule has 0 spiro atoms. The van der Waals surface area contributed by atoms with Gasteiger partial charge in [-0.3, -0.25) is 0 Å². The van der Waals surface area contributed by atoms with Gasteiger partial charge in [0.2, 0.25) is 0 Å². The maximum Gasteiger partial charge on any atom is 0.0693 e. The number of rotatable bonds is 4. The lowest BCUT2D eigenvalue weighted by Gasteiger charge is -2.21. The zero-order valence-electron chi connectivity index (χ0n) is 9.59. The molecule has 0 heterocycles. The van der Waals surface area contributed by atoms with Crippen LogP contribution in [0.1, 0.15) is 40.5 Å². The van der Waals surface area contributed by atoms with Gasteiger partial charge in [0.1, 0.15) is 0 Å². The molecule has 0 aromatic carbocycles. The normalized spacial score (nSPS) is 17.4. The van der Waals surface area contributed by atoms with Crippen molar-refractivity contribution in [2.24, 2.45) is 0 Å². The summed E-state index contributed by atoms with van der Waals surface area (Å²) in [4.78, 5) is 0. The molecule has 0 bridgehead atoms. The second kappa shape index (κ2) is 11.0. The van der Waals surface area contributed by atoms with E-state index in [9.17, 15) is 0 Å². The monoisotopic (exact) mass is 205 g/mol. The van der Waals surface area contributed by atoms with Crippen molar-refractivity contribution in [1.29, 1.82) is 0 Å². The van der Waals surface area contributed by atoms with Crippen LogP contribution in [0.5, 0.6) is 0 Å². The van der Waals surface area contributed by atoms with E-state index >= 15 is 0 Å². The summed E-state index contributed by atoms with van der Waals surface area (Å²) < 4.78 is 4.44. The lowest BCUT2D eigenvalue weighted by Crippen LogP contribution is -2.30. The molecular weight excluding hydrogens is 178 g/mol. The minimum atomic E-state index is 0. The fraction of sp³-hybridized carbons (Fsp3) is 1.00. The minimum Gasteiger partial charge on any atom is -0.394 e. The summed E-state index contributed by atoms with van der Waals surface area (Å²) in [7, 11) is 1.55. The van der Waals surface area contributed by atoms with E-state index in [4.69, 9.17) is 5.11 Å². The predicted octanol–water partition coefficient (Wildman–Crippen LogP) is 1.80. The van der Waals surface area contributed by atoms with E-state index in [1.165, 1.54) is 32.1 Å². The van der Waals surface area contributed by atoms with Crippen molar-refractivity contribution in [3.05, 3.63) is 0 Å². The number of aliphatic hydroxyl groups excluding tert-OH is 1. The van der Waals surface area contributed by atoms with E-state index in [2.05, 4.69) is 17.0 Å². The summed E-state index contributed by atoms with van der Waals surface area (Å²) in [6.45, 7) is 3.90. The zero-order valence-corrected chi connectivity index (χ0v) is 9.59. The first-order valence-electron chi connectivity index (χ1n) is 5.68. The Hall–Kier alpha value is -0.120. The van der Waals surface area contributed by atoms with Crippen molar-refractivity contribution in [3.63, 3.8) is 0 Å². The quantitative estimate of drug-likeness (QED) is 0.735. The Balaban J connectivity index is 0. The maximum absolute atomic E-state index is 7.94. The largest absolute Gasteiger partial charge is 0.394 e. The lowest BCUT2D eigenvalue weighted by molar-refractivity contribution is 0.135. The highest BCUT2D eigenvalue weighted by molar-refractivity contribution is 4.70. The number of hydrogen-bond donors (Lipinski definition) is 2. The molecule has 0 aliphatic heterocycles. The van der Waals surface area contributed by atoms with Gasteiger partial charge in [-0.2, -0.15) is 0 Å². The minimum absolute atomic E-state index is 0. The van der Waals surface area contributed by atoms with Gasteiger partial charge in [0, 0.05) is 14.6 Å². The number of aliphatic hydroxyl groups is 1. The van der Waals surface area contributed by atoms with Gasteiger partial charge in [-0.15, -0.1) is 0 Å². The third-order valence-electron chi connectivity index (χ3n) is 2.39. The van der Waals surface area contributed by atoms with Crippen molar-refractivity contribution in [2.75, 3.05) is 26.9 Å². The van der Waals surface area contributed by atoms with Gasteiger partial charge < -0.3 is 15.2 Å². The lowest BCUT2D eigenvalue weighted by atomic mass is 9.96. The first kappa shape index (κ1) is 13.9. The molecule has 0 aromatic rings. The number of hydrogen-bond acceptors (Lipinski definition) is 3. The predicted molar refractivity (Wildman–Crippen MR) is 61.6 cm³/mol. The topological polar surface area (TPSA) is 41.5 Å². The molecule has 0 unspecified atom stereocenters. The van der Waals surface area contributed by atoms with Crippen molar-refractivity contribution in [1.82, 2.24) is 5.32 Å². The van der Waals surface area contributed by atoms with Crippen molar-refractivity contribution in [2.45, 2.75) is 45.1 Å². The van der Waals surface area contributed by atoms with E-state index in [0.29, 0.717) is 6.61 Å². The fourth-order valence-electron chi connectivity index (χ4n) is 1.69. The standard InChI is InChI=1S/C8H17N.C3H8O2.H2/c1-2-9-8-6-4-3-5-7-8;1-5-3-2-4;/h8-9H,2-7H2,1H3;4H,2-3H2,1H3;1H. The maximum atomic E-state index is 7.94. The zero-order chi connectivity index (χ0) is 10.6. The summed E-state index contributed by atoms with van der Waals surface area (Å²) in [5, 5.41) is 11.4. The average Bonchev–Trinajstić information content (AvgIpc) is 2.22. The van der Waals surface area contributed by atoms with Gasteiger partial charge in [0.15, 0.2) is 0 Å². The Bertz CT molecular complexity index is 104. The van der Waals surface area contributed by atoms with E-state index in [0.717, 1.165) is 12.6 Å². The molecule has 0 aromatic heterocycles. The Labute approximate surface area is 89.3 Å². The van der Waals surface area contributed by atoms with E-state index < -0.39 is 0 Å². The Morgan fingerprint density at radius 2 is 2.00 bits per heavy atom. The fourth-order valence-corrected chi connectivity index (χ4v) is 1.69. The second-order valence-corrected chi connectivity index (χ2v) is 3.61. The molecule has 1 fully saturated rings. The molecule has 2 N–H and O–H groups in total. The molecule has 0 radical (unpaired) electrons. The first-order valence-corrected chi connectivity index (χ1v) is 5.68. The Morgan fingerprint density at radius 1 is 1.36 bits per heavy atom. The van der Waals surface area contributed by atoms with Gasteiger partial charge >= 0.3 is 0 Å². The SMILES string of the molecule is CCNC1CCCCC1.COCCO.[HH]. The van der Waals surface area contributed by atoms with Crippen LogP contribution in [0.2, 0.25) is 0 Å². The van der Waals surface area contributed by atoms with E-state index in [-0.39, 0.29) is 8.03 Å². The average molecular weight is 205 g/mol. The third kappa shape index (κ3) is 8.48. The molecule has 1 rings (SSSR count). The Kier molecular flexibility index (Phi) is 10.9. The van der Waals surface area contributed by atoms with Crippen LogP contribution in [0, 0.1) is 0 Å². The molecule has 88 valence electrons. The van der Waals surface area contributed by atoms with Crippen LogP contribution in [0.3, 0.4) is 0 Å². The molecule has 3 heteroatoms.